The van der Waals surface area contributed by atoms with Crippen molar-refractivity contribution in [2.75, 3.05) is 20.2 Å². The summed E-state index contributed by atoms with van der Waals surface area (Å²) in [5, 5.41) is 3.22. The maximum atomic E-state index is 13.1. The quantitative estimate of drug-likeness (QED) is 0.698. The first-order valence-corrected chi connectivity index (χ1v) is 5.01. The number of benzene rings is 1. The molecule has 0 aromatic heterocycles. The molecule has 0 saturated heterocycles. The van der Waals surface area contributed by atoms with E-state index in [0.717, 1.165) is 18.5 Å². The molecule has 0 spiro atoms. The van der Waals surface area contributed by atoms with Crippen molar-refractivity contribution in [3.63, 3.8) is 0 Å². The van der Waals surface area contributed by atoms with E-state index in [0.29, 0.717) is 13.1 Å². The van der Waals surface area contributed by atoms with Gasteiger partial charge in [0.05, 0.1) is 7.11 Å². The highest BCUT2D eigenvalue weighted by Gasteiger charge is 2.02. The largest absolute Gasteiger partial charge is 0.494 e. The Morgan fingerprint density at radius 3 is 2.93 bits per heavy atom. The molecule has 0 atom stereocenters. The average molecular weight is 212 g/mol. The lowest BCUT2D eigenvalue weighted by Gasteiger charge is -2.06. The van der Waals surface area contributed by atoms with Crippen molar-refractivity contribution in [2.24, 2.45) is 5.73 Å². The zero-order chi connectivity index (χ0) is 11.1. The van der Waals surface area contributed by atoms with Gasteiger partial charge in [0.1, 0.15) is 0 Å². The SMILES string of the molecule is COc1cc(CNCCCN)ccc1F. The summed E-state index contributed by atoms with van der Waals surface area (Å²) in [5.41, 5.74) is 6.37. The van der Waals surface area contributed by atoms with Crippen molar-refractivity contribution in [3.8, 4) is 5.75 Å². The molecule has 0 radical (unpaired) electrons. The Kier molecular flexibility index (Phi) is 5.07. The Bertz CT molecular complexity index is 305. The molecule has 1 aromatic carbocycles. The Morgan fingerprint density at radius 1 is 1.47 bits per heavy atom. The van der Waals surface area contributed by atoms with Gasteiger partial charge in [-0.15, -0.1) is 0 Å². The zero-order valence-electron chi connectivity index (χ0n) is 8.92. The fraction of sp³-hybridized carbons (Fsp3) is 0.455. The second-order valence-electron chi connectivity index (χ2n) is 3.29. The van der Waals surface area contributed by atoms with Crippen LogP contribution in [-0.2, 0) is 6.54 Å². The highest BCUT2D eigenvalue weighted by Crippen LogP contribution is 2.17. The van der Waals surface area contributed by atoms with Crippen molar-refractivity contribution >= 4 is 0 Å². The fourth-order valence-corrected chi connectivity index (χ4v) is 1.27. The molecule has 0 bridgehead atoms. The predicted octanol–water partition coefficient (Wildman–Crippen LogP) is 1.27. The molecular weight excluding hydrogens is 195 g/mol. The van der Waals surface area contributed by atoms with Gasteiger partial charge in [-0.1, -0.05) is 6.07 Å². The second kappa shape index (κ2) is 6.37. The van der Waals surface area contributed by atoms with E-state index in [1.807, 2.05) is 0 Å². The van der Waals surface area contributed by atoms with Crippen LogP contribution in [-0.4, -0.2) is 20.2 Å². The molecule has 84 valence electrons. The standard InChI is InChI=1S/C11H17FN2O/c1-15-11-7-9(3-4-10(11)12)8-14-6-2-5-13/h3-4,7,14H,2,5-6,8,13H2,1H3. The Morgan fingerprint density at radius 2 is 2.27 bits per heavy atom. The van der Waals surface area contributed by atoms with E-state index in [2.05, 4.69) is 5.32 Å². The molecule has 0 aliphatic heterocycles. The Hall–Kier alpha value is -1.13. The molecule has 0 amide bonds. The molecule has 0 saturated carbocycles. The molecule has 0 aliphatic rings. The first-order valence-electron chi connectivity index (χ1n) is 5.01. The fourth-order valence-electron chi connectivity index (χ4n) is 1.27. The van der Waals surface area contributed by atoms with Gasteiger partial charge in [-0.25, -0.2) is 4.39 Å². The topological polar surface area (TPSA) is 47.3 Å². The van der Waals surface area contributed by atoms with Crippen LogP contribution in [0, 0.1) is 5.82 Å². The number of rotatable bonds is 6. The summed E-state index contributed by atoms with van der Waals surface area (Å²) in [6.45, 7) is 2.26. The van der Waals surface area contributed by atoms with Crippen LogP contribution in [0.2, 0.25) is 0 Å². The number of ether oxygens (including phenoxy) is 1. The maximum absolute atomic E-state index is 13.1. The van der Waals surface area contributed by atoms with E-state index in [9.17, 15) is 4.39 Å². The minimum Gasteiger partial charge on any atom is -0.494 e. The summed E-state index contributed by atoms with van der Waals surface area (Å²) in [4.78, 5) is 0. The first-order chi connectivity index (χ1) is 7.27. The third-order valence-electron chi connectivity index (χ3n) is 2.10. The van der Waals surface area contributed by atoms with E-state index >= 15 is 0 Å². The number of hydrogen-bond donors (Lipinski definition) is 2. The normalized spacial score (nSPS) is 10.3. The minimum absolute atomic E-state index is 0.285. The highest BCUT2D eigenvalue weighted by atomic mass is 19.1. The lowest BCUT2D eigenvalue weighted by atomic mass is 10.2. The minimum atomic E-state index is -0.330. The molecule has 0 heterocycles. The number of halogens is 1. The molecule has 3 N–H and O–H groups in total. The zero-order valence-corrected chi connectivity index (χ0v) is 8.92. The van der Waals surface area contributed by atoms with Gasteiger partial charge < -0.3 is 15.8 Å². The molecular formula is C11H17FN2O. The van der Waals surface area contributed by atoms with Crippen LogP contribution < -0.4 is 15.8 Å². The predicted molar refractivity (Wildman–Crippen MR) is 58.3 cm³/mol. The third kappa shape index (κ3) is 3.85. The van der Waals surface area contributed by atoms with Crippen LogP contribution in [0.3, 0.4) is 0 Å². The third-order valence-corrected chi connectivity index (χ3v) is 2.10. The van der Waals surface area contributed by atoms with Crippen molar-refractivity contribution in [1.82, 2.24) is 5.32 Å². The first kappa shape index (κ1) is 11.9. The molecule has 1 rings (SSSR count). The molecule has 0 fully saturated rings. The summed E-state index contributed by atoms with van der Waals surface area (Å²) in [6.07, 6.45) is 0.943. The number of nitrogens with two attached hydrogens (primary N) is 1. The lowest BCUT2D eigenvalue weighted by Crippen LogP contribution is -2.17. The van der Waals surface area contributed by atoms with Crippen LogP contribution in [0.25, 0.3) is 0 Å². The van der Waals surface area contributed by atoms with Crippen LogP contribution in [0.4, 0.5) is 4.39 Å². The van der Waals surface area contributed by atoms with E-state index < -0.39 is 0 Å². The van der Waals surface area contributed by atoms with Gasteiger partial charge in [-0.3, -0.25) is 0 Å². The van der Waals surface area contributed by atoms with Gasteiger partial charge in [0.2, 0.25) is 0 Å². The van der Waals surface area contributed by atoms with Gasteiger partial charge in [-0.2, -0.15) is 0 Å². The van der Waals surface area contributed by atoms with Crippen molar-refractivity contribution < 1.29 is 9.13 Å². The van der Waals surface area contributed by atoms with Crippen LogP contribution >= 0.6 is 0 Å². The van der Waals surface area contributed by atoms with Crippen molar-refractivity contribution in [2.45, 2.75) is 13.0 Å². The molecule has 1 aromatic rings. The summed E-state index contributed by atoms with van der Waals surface area (Å²) in [6, 6.07) is 4.86. The summed E-state index contributed by atoms with van der Waals surface area (Å²) in [7, 11) is 1.46. The second-order valence-corrected chi connectivity index (χ2v) is 3.29. The van der Waals surface area contributed by atoms with E-state index in [1.165, 1.54) is 13.2 Å². The number of nitrogens with one attached hydrogen (secondary N) is 1. The summed E-state index contributed by atoms with van der Waals surface area (Å²) in [5.74, 6) is -0.0451. The molecule has 0 unspecified atom stereocenters. The van der Waals surface area contributed by atoms with Crippen molar-refractivity contribution in [3.05, 3.63) is 29.6 Å². The Labute approximate surface area is 89.4 Å². The molecule has 3 nitrogen and oxygen atoms in total. The molecule has 0 aliphatic carbocycles. The van der Waals surface area contributed by atoms with Gasteiger partial charge >= 0.3 is 0 Å². The van der Waals surface area contributed by atoms with Crippen LogP contribution in [0.15, 0.2) is 18.2 Å². The van der Waals surface area contributed by atoms with E-state index in [4.69, 9.17) is 10.5 Å². The van der Waals surface area contributed by atoms with Gasteiger partial charge in [0, 0.05) is 6.54 Å². The Balaban J connectivity index is 2.47. The smallest absolute Gasteiger partial charge is 0.165 e. The van der Waals surface area contributed by atoms with Gasteiger partial charge in [0.15, 0.2) is 11.6 Å². The van der Waals surface area contributed by atoms with E-state index in [1.54, 1.807) is 12.1 Å². The molecule has 4 heteroatoms. The highest BCUT2D eigenvalue weighted by molar-refractivity contribution is 5.30. The van der Waals surface area contributed by atoms with Gasteiger partial charge in [-0.05, 0) is 37.2 Å². The lowest BCUT2D eigenvalue weighted by molar-refractivity contribution is 0.385. The van der Waals surface area contributed by atoms with Crippen LogP contribution in [0.1, 0.15) is 12.0 Å². The molecule has 15 heavy (non-hydrogen) atoms. The average Bonchev–Trinajstić information content (AvgIpc) is 2.26. The number of hydrogen-bond acceptors (Lipinski definition) is 3. The number of methoxy groups -OCH3 is 1. The summed E-state index contributed by atoms with van der Waals surface area (Å²) >= 11 is 0. The monoisotopic (exact) mass is 212 g/mol. The van der Waals surface area contributed by atoms with E-state index in [-0.39, 0.29) is 11.6 Å². The van der Waals surface area contributed by atoms with Crippen LogP contribution in [0.5, 0.6) is 5.75 Å². The van der Waals surface area contributed by atoms with Gasteiger partial charge in [0.25, 0.3) is 0 Å². The van der Waals surface area contributed by atoms with Crippen molar-refractivity contribution in [1.29, 1.82) is 0 Å². The summed E-state index contributed by atoms with van der Waals surface area (Å²) < 4.78 is 17.9. The maximum Gasteiger partial charge on any atom is 0.165 e.